The fourth-order valence-electron chi connectivity index (χ4n) is 1.51. The van der Waals surface area contributed by atoms with Crippen LogP contribution in [0.25, 0.3) is 0 Å². The SMILES string of the molecule is C.COC(=O)C1CN(OC)CCC1N. The Hall–Kier alpha value is -0.650. The third-order valence-electron chi connectivity index (χ3n) is 2.39. The molecule has 1 heterocycles. The molecule has 2 atom stereocenters. The Morgan fingerprint density at radius 2 is 2.14 bits per heavy atom. The van der Waals surface area contributed by atoms with Gasteiger partial charge in [-0.25, -0.2) is 0 Å². The summed E-state index contributed by atoms with van der Waals surface area (Å²) < 4.78 is 4.65. The van der Waals surface area contributed by atoms with Crippen LogP contribution in [0.1, 0.15) is 13.8 Å². The highest BCUT2D eigenvalue weighted by Gasteiger charge is 2.32. The van der Waals surface area contributed by atoms with Gasteiger partial charge >= 0.3 is 5.97 Å². The zero-order valence-corrected chi connectivity index (χ0v) is 8.03. The summed E-state index contributed by atoms with van der Waals surface area (Å²) >= 11 is 0. The highest BCUT2D eigenvalue weighted by atomic mass is 16.7. The molecule has 0 aliphatic carbocycles. The standard InChI is InChI=1S/C8H16N2O3.CH4/c1-12-8(11)6-5-10(13-2)4-3-7(6)9;/h6-7H,3-5,9H2,1-2H3;1H4. The van der Waals surface area contributed by atoms with Crippen molar-refractivity contribution in [2.75, 3.05) is 27.3 Å². The van der Waals surface area contributed by atoms with E-state index in [-0.39, 0.29) is 25.4 Å². The molecule has 0 spiro atoms. The highest BCUT2D eigenvalue weighted by Crippen LogP contribution is 2.16. The first-order valence-electron chi connectivity index (χ1n) is 4.31. The molecule has 5 heteroatoms. The van der Waals surface area contributed by atoms with Crippen molar-refractivity contribution < 1.29 is 14.4 Å². The molecule has 2 unspecified atom stereocenters. The molecule has 0 saturated carbocycles. The molecule has 0 radical (unpaired) electrons. The van der Waals surface area contributed by atoms with Crippen LogP contribution in [0.15, 0.2) is 0 Å². The van der Waals surface area contributed by atoms with Crippen LogP contribution in [0.5, 0.6) is 0 Å². The average molecular weight is 204 g/mol. The molecule has 0 aromatic rings. The number of carbonyl (C=O) groups is 1. The van der Waals surface area contributed by atoms with Crippen molar-refractivity contribution in [1.29, 1.82) is 0 Å². The Bertz CT molecular complexity index is 187. The predicted molar refractivity (Wildman–Crippen MR) is 53.4 cm³/mol. The maximum Gasteiger partial charge on any atom is 0.311 e. The van der Waals surface area contributed by atoms with Crippen molar-refractivity contribution >= 4 is 5.97 Å². The molecule has 1 aliphatic rings. The lowest BCUT2D eigenvalue weighted by Crippen LogP contribution is -2.50. The van der Waals surface area contributed by atoms with Crippen LogP contribution < -0.4 is 5.73 Å². The van der Waals surface area contributed by atoms with Gasteiger partial charge in [0, 0.05) is 19.1 Å². The molecule has 0 bridgehead atoms. The first-order chi connectivity index (χ1) is 6.19. The van der Waals surface area contributed by atoms with Crippen molar-refractivity contribution in [2.24, 2.45) is 11.7 Å². The molecular weight excluding hydrogens is 184 g/mol. The summed E-state index contributed by atoms with van der Waals surface area (Å²) in [6.45, 7) is 1.29. The number of esters is 1. The zero-order valence-electron chi connectivity index (χ0n) is 8.03. The minimum Gasteiger partial charge on any atom is -0.469 e. The minimum absolute atomic E-state index is 0. The van der Waals surface area contributed by atoms with E-state index in [4.69, 9.17) is 10.6 Å². The third-order valence-corrected chi connectivity index (χ3v) is 2.39. The van der Waals surface area contributed by atoms with Gasteiger partial charge in [0.05, 0.1) is 20.1 Å². The summed E-state index contributed by atoms with van der Waals surface area (Å²) in [5.74, 6) is -0.520. The molecule has 84 valence electrons. The van der Waals surface area contributed by atoms with Crippen molar-refractivity contribution in [3.63, 3.8) is 0 Å². The largest absolute Gasteiger partial charge is 0.469 e. The monoisotopic (exact) mass is 204 g/mol. The van der Waals surface area contributed by atoms with Crippen LogP contribution in [0.4, 0.5) is 0 Å². The van der Waals surface area contributed by atoms with Gasteiger partial charge in [-0.1, -0.05) is 7.43 Å². The molecule has 1 fully saturated rings. The number of hydrogen-bond acceptors (Lipinski definition) is 5. The second-order valence-electron chi connectivity index (χ2n) is 3.15. The maximum absolute atomic E-state index is 11.3. The van der Waals surface area contributed by atoms with Crippen LogP contribution in [-0.4, -0.2) is 44.4 Å². The molecule has 2 N–H and O–H groups in total. The maximum atomic E-state index is 11.3. The number of methoxy groups -OCH3 is 1. The van der Waals surface area contributed by atoms with E-state index in [1.807, 2.05) is 0 Å². The lowest BCUT2D eigenvalue weighted by Gasteiger charge is -2.33. The summed E-state index contributed by atoms with van der Waals surface area (Å²) in [4.78, 5) is 16.3. The number of hydroxylamine groups is 2. The van der Waals surface area contributed by atoms with Gasteiger partial charge in [-0.3, -0.25) is 4.79 Å². The topological polar surface area (TPSA) is 64.8 Å². The molecule has 0 aromatic heterocycles. The average Bonchev–Trinajstić information content (AvgIpc) is 2.17. The molecule has 1 rings (SSSR count). The van der Waals surface area contributed by atoms with Gasteiger partial charge in [0.25, 0.3) is 0 Å². The van der Waals surface area contributed by atoms with E-state index in [9.17, 15) is 4.79 Å². The molecule has 0 amide bonds. The fraction of sp³-hybridized carbons (Fsp3) is 0.889. The molecule has 0 aromatic carbocycles. The number of nitrogens with zero attached hydrogens (tertiary/aromatic N) is 1. The van der Waals surface area contributed by atoms with Crippen molar-refractivity contribution in [3.05, 3.63) is 0 Å². The van der Waals surface area contributed by atoms with Gasteiger partial charge in [-0.15, -0.1) is 0 Å². The lowest BCUT2D eigenvalue weighted by molar-refractivity contribution is -0.173. The Balaban J connectivity index is 0.00000169. The number of carbonyl (C=O) groups excluding carboxylic acids is 1. The molecule has 5 nitrogen and oxygen atoms in total. The second-order valence-corrected chi connectivity index (χ2v) is 3.15. The summed E-state index contributed by atoms with van der Waals surface area (Å²) in [6.07, 6.45) is 0.758. The molecule has 1 saturated heterocycles. The van der Waals surface area contributed by atoms with Crippen LogP contribution in [-0.2, 0) is 14.4 Å². The normalized spacial score (nSPS) is 27.9. The van der Waals surface area contributed by atoms with E-state index in [1.165, 1.54) is 7.11 Å². The smallest absolute Gasteiger partial charge is 0.311 e. The van der Waals surface area contributed by atoms with Crippen molar-refractivity contribution in [2.45, 2.75) is 19.9 Å². The van der Waals surface area contributed by atoms with Gasteiger partial charge in [0.2, 0.25) is 0 Å². The summed E-state index contributed by atoms with van der Waals surface area (Å²) in [5.41, 5.74) is 5.79. The van der Waals surface area contributed by atoms with Crippen LogP contribution in [0.2, 0.25) is 0 Å². The Labute approximate surface area is 85.1 Å². The first-order valence-corrected chi connectivity index (χ1v) is 4.31. The van der Waals surface area contributed by atoms with E-state index in [0.29, 0.717) is 6.54 Å². The molecule has 14 heavy (non-hydrogen) atoms. The van der Waals surface area contributed by atoms with E-state index >= 15 is 0 Å². The van der Waals surface area contributed by atoms with Crippen LogP contribution in [0.3, 0.4) is 0 Å². The van der Waals surface area contributed by atoms with Gasteiger partial charge in [-0.2, -0.15) is 5.06 Å². The minimum atomic E-state index is -0.265. The van der Waals surface area contributed by atoms with Gasteiger partial charge in [-0.05, 0) is 6.42 Å². The van der Waals surface area contributed by atoms with E-state index in [2.05, 4.69) is 4.74 Å². The Kier molecular flexibility index (Phi) is 5.68. The fourth-order valence-corrected chi connectivity index (χ4v) is 1.51. The summed E-state index contributed by atoms with van der Waals surface area (Å²) in [5, 5.41) is 1.73. The number of hydrogen-bond donors (Lipinski definition) is 1. The van der Waals surface area contributed by atoms with Crippen LogP contribution in [0, 0.1) is 5.92 Å². The van der Waals surface area contributed by atoms with Crippen LogP contribution >= 0.6 is 0 Å². The van der Waals surface area contributed by atoms with Gasteiger partial charge in [0.15, 0.2) is 0 Å². The number of piperidine rings is 1. The van der Waals surface area contributed by atoms with E-state index in [0.717, 1.165) is 13.0 Å². The Morgan fingerprint density at radius 1 is 1.50 bits per heavy atom. The zero-order chi connectivity index (χ0) is 9.84. The number of ether oxygens (including phenoxy) is 1. The summed E-state index contributed by atoms with van der Waals surface area (Å²) in [6, 6.07) is -0.112. The number of rotatable bonds is 2. The Morgan fingerprint density at radius 3 is 2.64 bits per heavy atom. The van der Waals surface area contributed by atoms with E-state index < -0.39 is 0 Å². The van der Waals surface area contributed by atoms with Crippen molar-refractivity contribution in [3.8, 4) is 0 Å². The number of nitrogens with two attached hydrogens (primary N) is 1. The van der Waals surface area contributed by atoms with Gasteiger partial charge < -0.3 is 15.3 Å². The predicted octanol–water partition coefficient (Wildman–Crippen LogP) is 0.00610. The molecule has 1 aliphatic heterocycles. The second kappa shape index (κ2) is 5.95. The third kappa shape index (κ3) is 2.94. The summed E-state index contributed by atoms with van der Waals surface area (Å²) in [7, 11) is 2.96. The van der Waals surface area contributed by atoms with Crippen molar-refractivity contribution in [1.82, 2.24) is 5.06 Å². The highest BCUT2D eigenvalue weighted by molar-refractivity contribution is 5.73. The first kappa shape index (κ1) is 13.4. The van der Waals surface area contributed by atoms with E-state index in [1.54, 1.807) is 12.2 Å². The quantitative estimate of drug-likeness (QED) is 0.642. The lowest BCUT2D eigenvalue weighted by atomic mass is 9.94. The molecular formula is C9H20N2O3. The van der Waals surface area contributed by atoms with Gasteiger partial charge in [0.1, 0.15) is 0 Å².